The van der Waals surface area contributed by atoms with Gasteiger partial charge in [0.05, 0.1) is 12.5 Å². The lowest BCUT2D eigenvalue weighted by atomic mass is 9.90. The lowest BCUT2D eigenvalue weighted by molar-refractivity contribution is -0.138. The van der Waals surface area contributed by atoms with Crippen molar-refractivity contribution in [3.05, 3.63) is 0 Å². The van der Waals surface area contributed by atoms with E-state index in [-0.39, 0.29) is 12.2 Å². The second-order valence-corrected chi connectivity index (χ2v) is 3.06. The second-order valence-electron chi connectivity index (χ2n) is 3.06. The lowest BCUT2D eigenvalue weighted by Gasteiger charge is -2.23. The van der Waals surface area contributed by atoms with Crippen LogP contribution in [0.2, 0.25) is 0 Å². The molecule has 0 aromatic heterocycles. The average molecular weight is 167 g/mol. The Kier molecular flexibility index (Phi) is 2.83. The molecule has 1 atom stereocenters. The van der Waals surface area contributed by atoms with Crippen LogP contribution in [-0.4, -0.2) is 18.0 Å². The Morgan fingerprint density at radius 1 is 1.75 bits per heavy atom. The molecule has 0 radical (unpaired) electrons. The van der Waals surface area contributed by atoms with Crippen molar-refractivity contribution in [3.8, 4) is 6.07 Å². The zero-order valence-electron chi connectivity index (χ0n) is 7.30. The number of ether oxygens (including phenoxy) is 1. The molecular weight excluding hydrogens is 154 g/mol. The summed E-state index contributed by atoms with van der Waals surface area (Å²) in [6, 6.07) is 1.87. The third-order valence-electron chi connectivity index (χ3n) is 2.42. The Hall–Kier alpha value is -0.880. The predicted octanol–water partition coefficient (Wildman–Crippen LogP) is 1.43. The molecule has 0 amide bonds. The SMILES string of the molecule is CCC1(C(=O)CC#N)CCCO1. The van der Waals surface area contributed by atoms with Crippen LogP contribution >= 0.6 is 0 Å². The number of nitriles is 1. The van der Waals surface area contributed by atoms with Crippen molar-refractivity contribution in [1.82, 2.24) is 0 Å². The van der Waals surface area contributed by atoms with Crippen LogP contribution in [0.15, 0.2) is 0 Å². The summed E-state index contributed by atoms with van der Waals surface area (Å²) >= 11 is 0. The van der Waals surface area contributed by atoms with E-state index in [2.05, 4.69) is 0 Å². The van der Waals surface area contributed by atoms with E-state index in [1.54, 1.807) is 0 Å². The number of hydrogen-bond donors (Lipinski definition) is 0. The highest BCUT2D eigenvalue weighted by Crippen LogP contribution is 2.30. The molecule has 1 aliphatic rings. The molecule has 0 aliphatic carbocycles. The van der Waals surface area contributed by atoms with Crippen LogP contribution in [0.3, 0.4) is 0 Å². The molecule has 0 spiro atoms. The summed E-state index contributed by atoms with van der Waals surface area (Å²) < 4.78 is 5.40. The molecule has 12 heavy (non-hydrogen) atoms. The van der Waals surface area contributed by atoms with Crippen molar-refractivity contribution in [2.24, 2.45) is 0 Å². The van der Waals surface area contributed by atoms with Gasteiger partial charge in [-0.2, -0.15) is 5.26 Å². The minimum absolute atomic E-state index is 0.0200. The number of rotatable bonds is 3. The molecule has 1 unspecified atom stereocenters. The number of nitrogens with zero attached hydrogens (tertiary/aromatic N) is 1. The minimum Gasteiger partial charge on any atom is -0.367 e. The van der Waals surface area contributed by atoms with Gasteiger partial charge >= 0.3 is 0 Å². The quantitative estimate of drug-likeness (QED) is 0.638. The van der Waals surface area contributed by atoms with E-state index < -0.39 is 5.60 Å². The number of ketones is 1. The van der Waals surface area contributed by atoms with Gasteiger partial charge in [0, 0.05) is 6.61 Å². The third kappa shape index (κ3) is 1.49. The van der Waals surface area contributed by atoms with Crippen LogP contribution in [0.1, 0.15) is 32.6 Å². The highest BCUT2D eigenvalue weighted by molar-refractivity contribution is 5.89. The summed E-state index contributed by atoms with van der Waals surface area (Å²) in [5.41, 5.74) is -0.615. The first-order chi connectivity index (χ1) is 5.75. The van der Waals surface area contributed by atoms with E-state index >= 15 is 0 Å². The molecule has 1 rings (SSSR count). The van der Waals surface area contributed by atoms with Gasteiger partial charge in [-0.05, 0) is 19.3 Å². The van der Waals surface area contributed by atoms with Crippen molar-refractivity contribution in [1.29, 1.82) is 5.26 Å². The third-order valence-corrected chi connectivity index (χ3v) is 2.42. The number of Topliss-reactive ketones (excluding diaryl/α,β-unsaturated/α-hetero) is 1. The second kappa shape index (κ2) is 3.68. The number of hydrogen-bond acceptors (Lipinski definition) is 3. The van der Waals surface area contributed by atoms with Crippen LogP contribution in [0.25, 0.3) is 0 Å². The molecule has 0 N–H and O–H groups in total. The molecule has 0 aromatic carbocycles. The summed E-state index contributed by atoms with van der Waals surface area (Å²) in [6.45, 7) is 2.59. The summed E-state index contributed by atoms with van der Waals surface area (Å²) in [4.78, 5) is 11.5. The Bertz CT molecular complexity index is 211. The van der Waals surface area contributed by atoms with Crippen molar-refractivity contribution in [2.75, 3.05) is 6.61 Å². The van der Waals surface area contributed by atoms with E-state index in [4.69, 9.17) is 10.00 Å². The van der Waals surface area contributed by atoms with Gasteiger partial charge in [0.1, 0.15) is 5.60 Å². The minimum atomic E-state index is -0.615. The Balaban J connectivity index is 2.67. The molecule has 1 saturated heterocycles. The van der Waals surface area contributed by atoms with Gasteiger partial charge in [0.15, 0.2) is 5.78 Å². The van der Waals surface area contributed by atoms with E-state index in [0.29, 0.717) is 13.0 Å². The smallest absolute Gasteiger partial charge is 0.178 e. The Morgan fingerprint density at radius 2 is 2.50 bits per heavy atom. The maximum absolute atomic E-state index is 11.5. The van der Waals surface area contributed by atoms with Crippen molar-refractivity contribution < 1.29 is 9.53 Å². The van der Waals surface area contributed by atoms with Gasteiger partial charge in [0.2, 0.25) is 0 Å². The van der Waals surface area contributed by atoms with Crippen molar-refractivity contribution in [2.45, 2.75) is 38.2 Å². The number of carbonyl (C=O) groups is 1. The standard InChI is InChI=1S/C9H13NO2/c1-2-9(5-3-7-12-9)8(11)4-6-10/h2-5,7H2,1H3. The van der Waals surface area contributed by atoms with Crippen molar-refractivity contribution in [3.63, 3.8) is 0 Å². The Labute approximate surface area is 72.3 Å². The summed E-state index contributed by atoms with van der Waals surface area (Å²) in [5.74, 6) is -0.0509. The molecule has 1 aliphatic heterocycles. The highest BCUT2D eigenvalue weighted by atomic mass is 16.5. The van der Waals surface area contributed by atoms with Crippen LogP contribution < -0.4 is 0 Å². The van der Waals surface area contributed by atoms with Gasteiger partial charge in [-0.25, -0.2) is 0 Å². The highest BCUT2D eigenvalue weighted by Gasteiger charge is 2.39. The summed E-state index contributed by atoms with van der Waals surface area (Å²) in [6.07, 6.45) is 2.39. The molecule has 66 valence electrons. The molecule has 0 saturated carbocycles. The van der Waals surface area contributed by atoms with E-state index in [1.807, 2.05) is 13.0 Å². The summed E-state index contributed by atoms with van der Waals surface area (Å²) in [5, 5.41) is 8.38. The van der Waals surface area contributed by atoms with Gasteiger partial charge in [-0.3, -0.25) is 4.79 Å². The zero-order valence-corrected chi connectivity index (χ0v) is 7.30. The molecule has 1 fully saturated rings. The van der Waals surface area contributed by atoms with Crippen LogP contribution in [-0.2, 0) is 9.53 Å². The van der Waals surface area contributed by atoms with Crippen LogP contribution in [0.5, 0.6) is 0 Å². The fraction of sp³-hybridized carbons (Fsp3) is 0.778. The molecule has 0 aromatic rings. The molecular formula is C9H13NO2. The van der Waals surface area contributed by atoms with Crippen molar-refractivity contribution >= 4 is 5.78 Å². The summed E-state index contributed by atoms with van der Waals surface area (Å²) in [7, 11) is 0. The van der Waals surface area contributed by atoms with Crippen LogP contribution in [0.4, 0.5) is 0 Å². The molecule has 3 heteroatoms. The monoisotopic (exact) mass is 167 g/mol. The van der Waals surface area contributed by atoms with Crippen LogP contribution in [0, 0.1) is 11.3 Å². The average Bonchev–Trinajstić information content (AvgIpc) is 2.54. The molecule has 3 nitrogen and oxygen atoms in total. The first kappa shape index (κ1) is 9.21. The van der Waals surface area contributed by atoms with Gasteiger partial charge in [0.25, 0.3) is 0 Å². The van der Waals surface area contributed by atoms with Gasteiger partial charge in [-0.15, -0.1) is 0 Å². The van der Waals surface area contributed by atoms with Gasteiger partial charge < -0.3 is 4.74 Å². The molecule has 0 bridgehead atoms. The maximum Gasteiger partial charge on any atom is 0.178 e. The van der Waals surface area contributed by atoms with E-state index in [9.17, 15) is 4.79 Å². The fourth-order valence-corrected chi connectivity index (χ4v) is 1.63. The fourth-order valence-electron chi connectivity index (χ4n) is 1.63. The van der Waals surface area contributed by atoms with E-state index in [1.165, 1.54) is 0 Å². The number of carbonyl (C=O) groups excluding carboxylic acids is 1. The lowest BCUT2D eigenvalue weighted by Crippen LogP contribution is -2.36. The van der Waals surface area contributed by atoms with E-state index in [0.717, 1.165) is 12.8 Å². The maximum atomic E-state index is 11.5. The predicted molar refractivity (Wildman–Crippen MR) is 43.4 cm³/mol. The first-order valence-corrected chi connectivity index (χ1v) is 4.29. The Morgan fingerprint density at radius 3 is 2.92 bits per heavy atom. The van der Waals surface area contributed by atoms with Gasteiger partial charge in [-0.1, -0.05) is 6.92 Å². The first-order valence-electron chi connectivity index (χ1n) is 4.29. The topological polar surface area (TPSA) is 50.1 Å². The largest absolute Gasteiger partial charge is 0.367 e. The normalized spacial score (nSPS) is 28.3. The molecule has 1 heterocycles. The zero-order chi connectivity index (χ0) is 9.03.